The molecule has 0 aliphatic heterocycles. The van der Waals surface area contributed by atoms with E-state index in [1.165, 1.54) is 6.07 Å². The van der Waals surface area contributed by atoms with Crippen LogP contribution in [0.1, 0.15) is 0 Å². The number of nitro groups is 1. The van der Waals surface area contributed by atoms with Crippen molar-refractivity contribution in [1.82, 2.24) is 0 Å². The maximum absolute atomic E-state index is 10.4. The van der Waals surface area contributed by atoms with Crippen LogP contribution in [0, 0.1) is 10.1 Å². The fourth-order valence-electron chi connectivity index (χ4n) is 0.712. The summed E-state index contributed by atoms with van der Waals surface area (Å²) in [5, 5.41) is 10.4. The van der Waals surface area contributed by atoms with Crippen molar-refractivity contribution in [2.45, 2.75) is 0 Å². The molecule has 0 saturated heterocycles. The summed E-state index contributed by atoms with van der Waals surface area (Å²) in [6, 6.07) is 6.64. The molecular weight excluding hydrogens is 353 g/mol. The molecule has 0 unspecified atom stereocenters. The van der Waals surface area contributed by atoms with E-state index in [0.717, 1.165) is 4.35 Å². The molecule has 0 fully saturated rings. The van der Waals surface area contributed by atoms with Gasteiger partial charge in [0, 0.05) is 0 Å². The Bertz CT molecular complexity index is 305. The Morgan fingerprint density at radius 3 is 2.58 bits per heavy atom. The van der Waals surface area contributed by atoms with Gasteiger partial charge in [-0.05, 0) is 0 Å². The Morgan fingerprint density at radius 1 is 1.42 bits per heavy atom. The number of hydrogen-bond donors (Lipinski definition) is 0. The van der Waals surface area contributed by atoms with Crippen LogP contribution < -0.4 is 4.35 Å². The first-order valence-electron chi connectivity index (χ1n) is 2.97. The number of hydrogen-bond acceptors (Lipinski definition) is 2. The second kappa shape index (κ2) is 4.40. The Kier molecular flexibility index (Phi) is 3.74. The van der Waals surface area contributed by atoms with Gasteiger partial charge in [-0.3, -0.25) is 0 Å². The molecule has 0 aromatic heterocycles. The van der Waals surface area contributed by atoms with E-state index in [-0.39, 0.29) is 10.6 Å². The van der Waals surface area contributed by atoms with Crippen molar-refractivity contribution < 1.29 is 4.92 Å². The van der Waals surface area contributed by atoms with E-state index < -0.39 is 10.9 Å². The molecule has 64 valence electrons. The van der Waals surface area contributed by atoms with Gasteiger partial charge in [0.1, 0.15) is 0 Å². The van der Waals surface area contributed by atoms with E-state index in [2.05, 4.69) is 27.9 Å². The van der Waals surface area contributed by atoms with E-state index in [1.54, 1.807) is 12.1 Å². The third kappa shape index (κ3) is 2.57. The summed E-state index contributed by atoms with van der Waals surface area (Å²) in [4.78, 5) is 9.98. The molecule has 1 aromatic rings. The van der Waals surface area contributed by atoms with Gasteiger partial charge in [-0.1, -0.05) is 0 Å². The molecule has 3 nitrogen and oxygen atoms in total. The third-order valence-electron chi connectivity index (χ3n) is 1.24. The van der Waals surface area contributed by atoms with Gasteiger partial charge in [0.2, 0.25) is 0 Å². The van der Waals surface area contributed by atoms with Gasteiger partial charge >= 0.3 is 88.1 Å². The standard InChI is InChI=1S/C6H4AsBr2NO2/c8-7(9)5-2-1-3-6(4-5)10(11)12/h1-4H. The van der Waals surface area contributed by atoms with Crippen LogP contribution in [0.25, 0.3) is 0 Å². The van der Waals surface area contributed by atoms with Crippen LogP contribution >= 0.6 is 27.9 Å². The van der Waals surface area contributed by atoms with Crippen molar-refractivity contribution in [3.63, 3.8) is 0 Å². The monoisotopic (exact) mass is 355 g/mol. The fraction of sp³-hybridized carbons (Fsp3) is 0. The average molecular weight is 357 g/mol. The van der Waals surface area contributed by atoms with Gasteiger partial charge in [-0.2, -0.15) is 0 Å². The Morgan fingerprint density at radius 2 is 2.08 bits per heavy atom. The summed E-state index contributed by atoms with van der Waals surface area (Å²) in [7, 11) is -1.34. The quantitative estimate of drug-likeness (QED) is 0.462. The summed E-state index contributed by atoms with van der Waals surface area (Å²) in [5.74, 6) is 0. The van der Waals surface area contributed by atoms with E-state index in [4.69, 9.17) is 0 Å². The van der Waals surface area contributed by atoms with Gasteiger partial charge in [-0.25, -0.2) is 0 Å². The summed E-state index contributed by atoms with van der Waals surface area (Å²) in [6.45, 7) is 0. The van der Waals surface area contributed by atoms with Crippen LogP contribution in [0.3, 0.4) is 0 Å². The Hall–Kier alpha value is 0.138. The number of nitrogens with zero attached hydrogens (tertiary/aromatic N) is 1. The zero-order valence-corrected chi connectivity index (χ0v) is 10.8. The third-order valence-corrected chi connectivity index (χ3v) is 6.89. The molecule has 1 aromatic carbocycles. The minimum absolute atomic E-state index is 0.144. The van der Waals surface area contributed by atoms with Gasteiger partial charge in [0.05, 0.1) is 0 Å². The van der Waals surface area contributed by atoms with Crippen LogP contribution in [-0.4, -0.2) is 15.8 Å². The minimum atomic E-state index is -1.34. The van der Waals surface area contributed by atoms with E-state index in [9.17, 15) is 10.1 Å². The number of halogens is 2. The average Bonchev–Trinajstić information content (AvgIpc) is 2.04. The molecule has 1 rings (SSSR count). The Labute approximate surface area is 87.7 Å². The van der Waals surface area contributed by atoms with Crippen LogP contribution in [-0.2, 0) is 0 Å². The molecule has 0 saturated carbocycles. The van der Waals surface area contributed by atoms with Crippen molar-refractivity contribution in [2.75, 3.05) is 0 Å². The molecule has 0 amide bonds. The number of benzene rings is 1. The van der Waals surface area contributed by atoms with Crippen LogP contribution in [0.4, 0.5) is 5.69 Å². The van der Waals surface area contributed by atoms with Gasteiger partial charge in [-0.15, -0.1) is 0 Å². The second-order valence-electron chi connectivity index (χ2n) is 2.01. The SMILES string of the molecule is O=[N+]([O-])c1cccc([As](Br)Br)c1. The molecule has 0 spiro atoms. The number of rotatable bonds is 2. The van der Waals surface area contributed by atoms with Gasteiger partial charge in [0.25, 0.3) is 0 Å². The van der Waals surface area contributed by atoms with E-state index >= 15 is 0 Å². The molecular formula is C6H4AsBr2NO2. The van der Waals surface area contributed by atoms with Gasteiger partial charge < -0.3 is 0 Å². The summed E-state index contributed by atoms with van der Waals surface area (Å²) >= 11 is 6.81. The first kappa shape index (κ1) is 10.2. The first-order valence-corrected chi connectivity index (χ1v) is 12.7. The van der Waals surface area contributed by atoms with Crippen molar-refractivity contribution in [3.05, 3.63) is 34.4 Å². The number of non-ortho nitro benzene ring substituents is 1. The zero-order chi connectivity index (χ0) is 9.14. The van der Waals surface area contributed by atoms with Crippen LogP contribution in [0.2, 0.25) is 0 Å². The zero-order valence-electron chi connectivity index (χ0n) is 5.78. The van der Waals surface area contributed by atoms with E-state index in [1.807, 2.05) is 6.07 Å². The fourth-order valence-corrected chi connectivity index (χ4v) is 3.90. The van der Waals surface area contributed by atoms with Crippen molar-refractivity contribution >= 4 is 48.8 Å². The van der Waals surface area contributed by atoms with Crippen LogP contribution in [0.5, 0.6) is 0 Å². The van der Waals surface area contributed by atoms with Crippen LogP contribution in [0.15, 0.2) is 24.3 Å². The second-order valence-corrected chi connectivity index (χ2v) is 16.4. The Balaban J connectivity index is 3.04. The van der Waals surface area contributed by atoms with E-state index in [0.29, 0.717) is 0 Å². The van der Waals surface area contributed by atoms with Crippen molar-refractivity contribution in [2.24, 2.45) is 0 Å². The topological polar surface area (TPSA) is 43.1 Å². The molecule has 0 atom stereocenters. The maximum atomic E-state index is 10.4. The van der Waals surface area contributed by atoms with Crippen molar-refractivity contribution in [3.8, 4) is 0 Å². The molecule has 12 heavy (non-hydrogen) atoms. The van der Waals surface area contributed by atoms with Gasteiger partial charge in [0.15, 0.2) is 0 Å². The molecule has 0 bridgehead atoms. The molecule has 0 heterocycles. The summed E-state index contributed by atoms with van der Waals surface area (Å²) in [5.41, 5.74) is 0.144. The summed E-state index contributed by atoms with van der Waals surface area (Å²) in [6.07, 6.45) is 0. The molecule has 0 radical (unpaired) electrons. The normalized spacial score (nSPS) is 10.2. The number of nitro benzene ring substituents is 1. The predicted molar refractivity (Wildman–Crippen MR) is 56.3 cm³/mol. The summed E-state index contributed by atoms with van der Waals surface area (Å²) < 4.78 is 0.983. The molecule has 6 heteroatoms. The van der Waals surface area contributed by atoms with Crippen molar-refractivity contribution in [1.29, 1.82) is 0 Å². The molecule has 0 aliphatic rings. The molecule has 0 aliphatic carbocycles. The first-order chi connectivity index (χ1) is 5.61. The predicted octanol–water partition coefficient (Wildman–Crippen LogP) is 2.08. The molecule has 0 N–H and O–H groups in total.